The molecule has 7 nitrogen and oxygen atoms in total. The highest BCUT2D eigenvalue weighted by atomic mass is 32.2. The van der Waals surface area contributed by atoms with E-state index in [4.69, 9.17) is 0 Å². The van der Waals surface area contributed by atoms with Crippen LogP contribution in [0.2, 0.25) is 0 Å². The number of rotatable bonds is 8. The molecular weight excluding hydrogens is 456 g/mol. The fourth-order valence-corrected chi connectivity index (χ4v) is 3.47. The number of nitrogens with zero attached hydrogens (tertiary/aromatic N) is 2. The van der Waals surface area contributed by atoms with Crippen LogP contribution in [-0.2, 0) is 10.0 Å². The molecule has 0 aliphatic carbocycles. The van der Waals surface area contributed by atoms with Gasteiger partial charge in [-0.25, -0.2) is 18.4 Å². The lowest BCUT2D eigenvalue weighted by Crippen LogP contribution is -2.24. The number of aromatic nitrogens is 2. The van der Waals surface area contributed by atoms with Crippen molar-refractivity contribution < 1.29 is 44.2 Å². The van der Waals surface area contributed by atoms with Crippen molar-refractivity contribution in [1.29, 1.82) is 0 Å². The Morgan fingerprint density at radius 1 is 0.968 bits per heavy atom. The topological polar surface area (TPSA) is 90.4 Å². The zero-order valence-corrected chi connectivity index (χ0v) is 16.9. The van der Waals surface area contributed by atoms with Gasteiger partial charge in [0.1, 0.15) is 6.33 Å². The lowest BCUT2D eigenvalue weighted by molar-refractivity contribution is -0.155. The summed E-state index contributed by atoms with van der Waals surface area (Å²) in [5.41, 5.74) is 0.741. The smallest absolute Gasteiger partial charge is 0.422 e. The third kappa shape index (κ3) is 7.45. The summed E-state index contributed by atoms with van der Waals surface area (Å²) >= 11 is 0. The van der Waals surface area contributed by atoms with Gasteiger partial charge in [0.25, 0.3) is 10.0 Å². The molecule has 2 aromatic rings. The number of alkyl halides is 6. The highest BCUT2D eigenvalue weighted by Gasteiger charge is 2.35. The second kappa shape index (κ2) is 9.16. The van der Waals surface area contributed by atoms with E-state index in [0.717, 1.165) is 5.56 Å². The number of nitrogens with one attached hydrogen (secondary N) is 1. The van der Waals surface area contributed by atoms with Crippen molar-refractivity contribution in [3.8, 4) is 11.8 Å². The molecule has 2 rings (SSSR count). The first-order valence-corrected chi connectivity index (χ1v) is 10.0. The van der Waals surface area contributed by atoms with Crippen LogP contribution in [0.3, 0.4) is 0 Å². The van der Waals surface area contributed by atoms with E-state index in [-0.39, 0.29) is 11.6 Å². The van der Waals surface area contributed by atoms with E-state index in [1.807, 2.05) is 13.8 Å². The van der Waals surface area contributed by atoms with Crippen molar-refractivity contribution in [2.45, 2.75) is 37.0 Å². The van der Waals surface area contributed by atoms with Crippen LogP contribution in [0.5, 0.6) is 11.8 Å². The van der Waals surface area contributed by atoms with Crippen LogP contribution >= 0.6 is 0 Å². The van der Waals surface area contributed by atoms with Gasteiger partial charge in [-0.1, -0.05) is 26.0 Å². The molecule has 0 atom stereocenters. The summed E-state index contributed by atoms with van der Waals surface area (Å²) in [4.78, 5) is 5.46. The molecule has 0 unspecified atom stereocenters. The fraction of sp³-hybridized carbons (Fsp3) is 0.412. The SMILES string of the molecule is CC(C)c1cccc(NS(=O)(=O)c2c(OCC(F)(F)F)ncnc2OCC(F)(F)F)c1. The zero-order valence-electron chi connectivity index (χ0n) is 16.1. The second-order valence-corrected chi connectivity index (χ2v) is 8.13. The summed E-state index contributed by atoms with van der Waals surface area (Å²) in [5.74, 6) is -2.21. The molecule has 0 fully saturated rings. The van der Waals surface area contributed by atoms with Crippen LogP contribution < -0.4 is 14.2 Å². The first-order valence-electron chi connectivity index (χ1n) is 8.55. The quantitative estimate of drug-likeness (QED) is 0.576. The van der Waals surface area contributed by atoms with E-state index >= 15 is 0 Å². The molecular formula is C17H17F6N3O4S. The molecule has 0 bridgehead atoms. The molecule has 0 saturated heterocycles. The monoisotopic (exact) mass is 473 g/mol. The van der Waals surface area contributed by atoms with Gasteiger partial charge in [-0.3, -0.25) is 4.72 Å². The fourth-order valence-electron chi connectivity index (χ4n) is 2.25. The maximum absolute atomic E-state index is 12.9. The third-order valence-electron chi connectivity index (χ3n) is 3.56. The molecule has 14 heteroatoms. The maximum Gasteiger partial charge on any atom is 0.422 e. The van der Waals surface area contributed by atoms with Crippen molar-refractivity contribution in [3.05, 3.63) is 36.2 Å². The maximum atomic E-state index is 12.9. The number of ether oxygens (including phenoxy) is 2. The zero-order chi connectivity index (χ0) is 23.4. The predicted octanol–water partition coefficient (Wildman–Crippen LogP) is 4.28. The highest BCUT2D eigenvalue weighted by molar-refractivity contribution is 7.93. The largest absolute Gasteiger partial charge is 0.467 e. The molecule has 172 valence electrons. The number of benzene rings is 1. The van der Waals surface area contributed by atoms with Gasteiger partial charge in [0.15, 0.2) is 13.2 Å². The summed E-state index contributed by atoms with van der Waals surface area (Å²) in [7, 11) is -4.81. The van der Waals surface area contributed by atoms with E-state index in [0.29, 0.717) is 6.33 Å². The normalized spacial score (nSPS) is 12.7. The Morgan fingerprint density at radius 3 is 1.94 bits per heavy atom. The highest BCUT2D eigenvalue weighted by Crippen LogP contribution is 2.33. The van der Waals surface area contributed by atoms with Gasteiger partial charge in [-0.15, -0.1) is 0 Å². The van der Waals surface area contributed by atoms with Crippen LogP contribution in [0.25, 0.3) is 0 Å². The summed E-state index contributed by atoms with van der Waals surface area (Å²) in [6.07, 6.45) is -9.20. The van der Waals surface area contributed by atoms with Gasteiger partial charge in [0, 0.05) is 5.69 Å². The summed E-state index contributed by atoms with van der Waals surface area (Å²) < 4.78 is 112. The average Bonchev–Trinajstić information content (AvgIpc) is 2.63. The molecule has 0 spiro atoms. The minimum Gasteiger partial charge on any atom is -0.467 e. The molecule has 1 heterocycles. The summed E-state index contributed by atoms with van der Waals surface area (Å²) in [6.45, 7) is -0.197. The molecule has 31 heavy (non-hydrogen) atoms. The third-order valence-corrected chi connectivity index (χ3v) is 4.95. The Labute approximate surface area is 173 Å². The Hall–Kier alpha value is -2.77. The van der Waals surface area contributed by atoms with Gasteiger partial charge in [0.2, 0.25) is 16.7 Å². The lowest BCUT2D eigenvalue weighted by Gasteiger charge is -2.17. The molecule has 1 aromatic heterocycles. The first-order chi connectivity index (χ1) is 14.2. The van der Waals surface area contributed by atoms with E-state index < -0.39 is 52.2 Å². The second-order valence-electron chi connectivity index (χ2n) is 6.51. The molecule has 0 aliphatic rings. The van der Waals surface area contributed by atoms with Gasteiger partial charge in [-0.2, -0.15) is 26.3 Å². The Morgan fingerprint density at radius 2 is 1.48 bits per heavy atom. The average molecular weight is 473 g/mol. The van der Waals surface area contributed by atoms with E-state index in [1.54, 1.807) is 6.07 Å². The van der Waals surface area contributed by atoms with Crippen LogP contribution in [0, 0.1) is 0 Å². The number of hydrogen-bond acceptors (Lipinski definition) is 6. The number of halogens is 6. The molecule has 0 radical (unpaired) electrons. The van der Waals surface area contributed by atoms with E-state index in [1.165, 1.54) is 18.2 Å². The van der Waals surface area contributed by atoms with E-state index in [2.05, 4.69) is 24.2 Å². The minimum absolute atomic E-state index is 0.0126. The van der Waals surface area contributed by atoms with Crippen LogP contribution in [-0.4, -0.2) is 44.0 Å². The van der Waals surface area contributed by atoms with Crippen molar-refractivity contribution in [2.24, 2.45) is 0 Å². The van der Waals surface area contributed by atoms with Crippen LogP contribution in [0.1, 0.15) is 25.3 Å². The minimum atomic E-state index is -4.86. The predicted molar refractivity (Wildman–Crippen MR) is 96.5 cm³/mol. The van der Waals surface area contributed by atoms with Crippen molar-refractivity contribution in [3.63, 3.8) is 0 Å². The number of anilines is 1. The number of sulfonamides is 1. The van der Waals surface area contributed by atoms with E-state index in [9.17, 15) is 34.8 Å². The Balaban J connectivity index is 2.49. The van der Waals surface area contributed by atoms with Gasteiger partial charge >= 0.3 is 12.4 Å². The molecule has 0 aliphatic heterocycles. The Kier molecular flexibility index (Phi) is 7.24. The molecule has 0 amide bonds. The first kappa shape index (κ1) is 24.5. The molecule has 1 N–H and O–H groups in total. The summed E-state index contributed by atoms with van der Waals surface area (Å²) in [5, 5.41) is 0. The van der Waals surface area contributed by atoms with Crippen molar-refractivity contribution in [1.82, 2.24) is 9.97 Å². The van der Waals surface area contributed by atoms with Gasteiger partial charge in [-0.05, 0) is 23.6 Å². The van der Waals surface area contributed by atoms with Gasteiger partial charge < -0.3 is 9.47 Å². The van der Waals surface area contributed by atoms with Crippen molar-refractivity contribution in [2.75, 3.05) is 17.9 Å². The van der Waals surface area contributed by atoms with Crippen LogP contribution in [0.4, 0.5) is 32.0 Å². The lowest BCUT2D eigenvalue weighted by atomic mass is 10.0. The molecule has 0 saturated carbocycles. The number of hydrogen-bond donors (Lipinski definition) is 1. The van der Waals surface area contributed by atoms with Crippen LogP contribution in [0.15, 0.2) is 35.5 Å². The van der Waals surface area contributed by atoms with Crippen molar-refractivity contribution >= 4 is 15.7 Å². The van der Waals surface area contributed by atoms with Gasteiger partial charge in [0.05, 0.1) is 0 Å². The summed E-state index contributed by atoms with van der Waals surface area (Å²) in [6, 6.07) is 6.04. The Bertz CT molecular complexity index is 973. The molecule has 1 aromatic carbocycles. The standard InChI is InChI=1S/C17H17F6N3O4S/c1-10(2)11-4-3-5-12(6-11)26-31(27,28)13-14(29-7-16(18,19)20)24-9-25-15(13)30-8-17(21,22)23/h3-6,9-10,26H,7-8H2,1-2H3.